The quantitative estimate of drug-likeness (QED) is 0.645. The second-order valence-corrected chi connectivity index (χ2v) is 9.08. The maximum atomic E-state index is 13.0. The number of hydrogen-bond acceptors (Lipinski definition) is 7. The van der Waals surface area contributed by atoms with Gasteiger partial charge in [-0.1, -0.05) is 6.42 Å². The average molecular weight is 460 g/mol. The first-order valence-electron chi connectivity index (χ1n) is 10.1. The van der Waals surface area contributed by atoms with Crippen molar-refractivity contribution in [2.75, 3.05) is 39.2 Å². The van der Waals surface area contributed by atoms with Crippen molar-refractivity contribution in [3.63, 3.8) is 0 Å². The summed E-state index contributed by atoms with van der Waals surface area (Å²) >= 11 is 0. The lowest BCUT2D eigenvalue weighted by Crippen LogP contribution is -2.35. The first-order valence-corrected chi connectivity index (χ1v) is 11.5. The highest BCUT2D eigenvalue weighted by molar-refractivity contribution is 7.89. The molecule has 32 heavy (non-hydrogen) atoms. The molecule has 3 rings (SSSR count). The molecule has 1 heterocycles. The third-order valence-electron chi connectivity index (χ3n) is 5.05. The lowest BCUT2D eigenvalue weighted by atomic mass is 10.2. The van der Waals surface area contributed by atoms with Gasteiger partial charge in [0, 0.05) is 19.2 Å². The van der Waals surface area contributed by atoms with Crippen LogP contribution in [-0.2, 0) is 14.8 Å². The van der Waals surface area contributed by atoms with Crippen molar-refractivity contribution in [3.05, 3.63) is 42.0 Å². The molecule has 1 aliphatic rings. The molecule has 0 atom stereocenters. The number of methoxy groups -OCH3 is 2. The minimum atomic E-state index is -3.66. The Morgan fingerprint density at radius 1 is 1.03 bits per heavy atom. The van der Waals surface area contributed by atoms with Crippen LogP contribution in [0.3, 0.4) is 0 Å². The molecule has 0 unspecified atom stereocenters. The Balaban J connectivity index is 1.74. The summed E-state index contributed by atoms with van der Waals surface area (Å²) in [5.41, 5.74) is 0.626. The van der Waals surface area contributed by atoms with Gasteiger partial charge in [0.1, 0.15) is 5.75 Å². The summed E-state index contributed by atoms with van der Waals surface area (Å²) in [6.45, 7) is 0.612. The third-order valence-corrected chi connectivity index (χ3v) is 6.94. The summed E-state index contributed by atoms with van der Waals surface area (Å²) in [5.74, 6) is 0.438. The number of nitrogens with one attached hydrogen (secondary N) is 1. The second kappa shape index (κ2) is 10.3. The molecular formula is C22H25N3O6S. The van der Waals surface area contributed by atoms with Crippen molar-refractivity contribution in [2.24, 2.45) is 0 Å². The van der Waals surface area contributed by atoms with Crippen molar-refractivity contribution in [1.29, 1.82) is 5.26 Å². The van der Waals surface area contributed by atoms with E-state index in [4.69, 9.17) is 19.5 Å². The van der Waals surface area contributed by atoms with E-state index in [1.54, 1.807) is 6.07 Å². The zero-order chi connectivity index (χ0) is 23.1. The Labute approximate surface area is 187 Å². The van der Waals surface area contributed by atoms with Crippen molar-refractivity contribution in [1.82, 2.24) is 4.31 Å². The summed E-state index contributed by atoms with van der Waals surface area (Å²) in [4.78, 5) is 12.6. The van der Waals surface area contributed by atoms with Crippen LogP contribution in [0.2, 0.25) is 0 Å². The van der Waals surface area contributed by atoms with E-state index in [2.05, 4.69) is 5.32 Å². The Morgan fingerprint density at radius 3 is 2.38 bits per heavy atom. The van der Waals surface area contributed by atoms with E-state index in [0.29, 0.717) is 35.9 Å². The number of nitrogens with zero attached hydrogens (tertiary/aromatic N) is 2. The largest absolute Gasteiger partial charge is 0.495 e. The predicted molar refractivity (Wildman–Crippen MR) is 117 cm³/mol. The van der Waals surface area contributed by atoms with Gasteiger partial charge in [-0.3, -0.25) is 4.79 Å². The molecule has 170 valence electrons. The van der Waals surface area contributed by atoms with Crippen molar-refractivity contribution in [2.45, 2.75) is 24.2 Å². The summed E-state index contributed by atoms with van der Waals surface area (Å²) in [6, 6.07) is 11.0. The molecule has 0 aliphatic carbocycles. The normalized spacial score (nSPS) is 14.3. The van der Waals surface area contributed by atoms with Gasteiger partial charge >= 0.3 is 0 Å². The third kappa shape index (κ3) is 5.30. The fourth-order valence-electron chi connectivity index (χ4n) is 3.39. The molecule has 1 amide bonds. The van der Waals surface area contributed by atoms with E-state index >= 15 is 0 Å². The number of amides is 1. The minimum absolute atomic E-state index is 0.0881. The zero-order valence-corrected chi connectivity index (χ0v) is 18.8. The first-order chi connectivity index (χ1) is 15.4. The Morgan fingerprint density at radius 2 is 1.72 bits per heavy atom. The van der Waals surface area contributed by atoms with Crippen molar-refractivity contribution >= 4 is 21.6 Å². The molecule has 0 saturated carbocycles. The molecule has 2 aromatic rings. The number of carbonyl (C=O) groups excluding carboxylic acids is 1. The number of carbonyl (C=O) groups is 1. The lowest BCUT2D eigenvalue weighted by molar-refractivity contribution is -0.118. The molecule has 1 fully saturated rings. The summed E-state index contributed by atoms with van der Waals surface area (Å²) in [6.07, 6.45) is 2.67. The van der Waals surface area contributed by atoms with Gasteiger partial charge in [-0.05, 0) is 43.2 Å². The number of hydrogen-bond donors (Lipinski definition) is 1. The van der Waals surface area contributed by atoms with Crippen LogP contribution in [-0.4, -0.2) is 52.5 Å². The van der Waals surface area contributed by atoms with Gasteiger partial charge in [0.05, 0.1) is 36.4 Å². The molecule has 0 aromatic heterocycles. The van der Waals surface area contributed by atoms with E-state index in [0.717, 1.165) is 19.3 Å². The average Bonchev–Trinajstić information content (AvgIpc) is 2.83. The maximum Gasteiger partial charge on any atom is 0.262 e. The van der Waals surface area contributed by atoms with Gasteiger partial charge < -0.3 is 19.5 Å². The smallest absolute Gasteiger partial charge is 0.262 e. The van der Waals surface area contributed by atoms with Gasteiger partial charge in [0.2, 0.25) is 10.0 Å². The fraction of sp³-hybridized carbons (Fsp3) is 0.364. The number of piperidine rings is 1. The topological polar surface area (TPSA) is 118 Å². The number of rotatable bonds is 8. The van der Waals surface area contributed by atoms with E-state index in [1.165, 1.54) is 48.9 Å². The van der Waals surface area contributed by atoms with Crippen molar-refractivity contribution < 1.29 is 27.4 Å². The van der Waals surface area contributed by atoms with E-state index in [-0.39, 0.29) is 17.2 Å². The summed E-state index contributed by atoms with van der Waals surface area (Å²) < 4.78 is 43.4. The summed E-state index contributed by atoms with van der Waals surface area (Å²) in [5, 5.41) is 11.6. The van der Waals surface area contributed by atoms with Gasteiger partial charge in [-0.15, -0.1) is 0 Å². The van der Waals surface area contributed by atoms with E-state index in [1.807, 2.05) is 6.07 Å². The van der Waals surface area contributed by atoms with Gasteiger partial charge in [-0.25, -0.2) is 8.42 Å². The Kier molecular flexibility index (Phi) is 7.56. The monoisotopic (exact) mass is 459 g/mol. The molecule has 1 N–H and O–H groups in total. The van der Waals surface area contributed by atoms with Crippen LogP contribution in [0.1, 0.15) is 24.8 Å². The van der Waals surface area contributed by atoms with Crippen molar-refractivity contribution in [3.8, 4) is 23.3 Å². The fourth-order valence-corrected chi connectivity index (χ4v) is 4.93. The number of sulfonamides is 1. The van der Waals surface area contributed by atoms with Crippen LogP contribution in [0.5, 0.6) is 17.2 Å². The lowest BCUT2D eigenvalue weighted by Gasteiger charge is -2.26. The first kappa shape index (κ1) is 23.4. The van der Waals surface area contributed by atoms with E-state index < -0.39 is 15.9 Å². The molecule has 9 nitrogen and oxygen atoms in total. The number of nitriles is 1. The van der Waals surface area contributed by atoms with E-state index in [9.17, 15) is 13.2 Å². The SMILES string of the molecule is COc1ccc(S(=O)(=O)N2CCCCC2)cc1NC(=O)COc1ccc(C#N)cc1OC. The summed E-state index contributed by atoms with van der Waals surface area (Å²) in [7, 11) is -0.798. The molecular weight excluding hydrogens is 434 g/mol. The number of anilines is 1. The number of ether oxygens (including phenoxy) is 3. The highest BCUT2D eigenvalue weighted by Gasteiger charge is 2.27. The van der Waals surface area contributed by atoms with Gasteiger partial charge in [0.25, 0.3) is 5.91 Å². The van der Waals surface area contributed by atoms with Gasteiger partial charge in [-0.2, -0.15) is 9.57 Å². The molecule has 2 aromatic carbocycles. The molecule has 0 bridgehead atoms. The predicted octanol–water partition coefficient (Wildman–Crippen LogP) is 2.77. The highest BCUT2D eigenvalue weighted by Crippen LogP contribution is 2.31. The van der Waals surface area contributed by atoms with Crippen LogP contribution < -0.4 is 19.5 Å². The van der Waals surface area contributed by atoms with Gasteiger partial charge in [0.15, 0.2) is 18.1 Å². The second-order valence-electron chi connectivity index (χ2n) is 7.14. The molecule has 1 saturated heterocycles. The van der Waals surface area contributed by atoms with Crippen LogP contribution in [0.25, 0.3) is 0 Å². The molecule has 1 aliphatic heterocycles. The van der Waals surface area contributed by atoms with Crippen LogP contribution in [0.15, 0.2) is 41.3 Å². The Hall–Kier alpha value is -3.29. The molecule has 0 radical (unpaired) electrons. The van der Waals surface area contributed by atoms with Crippen LogP contribution in [0.4, 0.5) is 5.69 Å². The van der Waals surface area contributed by atoms with Crippen LogP contribution >= 0.6 is 0 Å². The Bertz CT molecular complexity index is 1120. The minimum Gasteiger partial charge on any atom is -0.495 e. The number of benzene rings is 2. The molecule has 10 heteroatoms. The molecule has 0 spiro atoms. The zero-order valence-electron chi connectivity index (χ0n) is 18.0. The van der Waals surface area contributed by atoms with Crippen LogP contribution in [0, 0.1) is 11.3 Å². The highest BCUT2D eigenvalue weighted by atomic mass is 32.2. The maximum absolute atomic E-state index is 13.0. The standard InChI is InChI=1S/C22H25N3O6S/c1-29-19-9-7-17(32(27,28)25-10-4-3-5-11-25)13-18(19)24-22(26)15-31-20-8-6-16(14-23)12-21(20)30-2/h6-9,12-13H,3-5,10-11,15H2,1-2H3,(H,24,26).